The zero-order chi connectivity index (χ0) is 37.6. The quantitative estimate of drug-likeness (QED) is 0.161. The summed E-state index contributed by atoms with van der Waals surface area (Å²) in [6, 6.07) is 56.1. The average Bonchev–Trinajstić information content (AvgIpc) is 3.26. The van der Waals surface area contributed by atoms with Crippen molar-refractivity contribution in [2.75, 3.05) is 0 Å². The third-order valence-electron chi connectivity index (χ3n) is 10.9. The first-order valence-electron chi connectivity index (χ1n) is 19.0. The molecule has 4 heteroatoms. The Balaban J connectivity index is 1.26. The molecule has 4 aromatic heterocycles. The highest BCUT2D eigenvalue weighted by atomic mass is 14.7. The molecule has 10 aromatic rings. The number of benzene rings is 6. The lowest BCUT2D eigenvalue weighted by Crippen LogP contribution is -1.99. The van der Waals surface area contributed by atoms with Crippen LogP contribution in [0.3, 0.4) is 0 Å². The van der Waals surface area contributed by atoms with Gasteiger partial charge in [-0.3, -0.25) is 19.9 Å². The summed E-state index contributed by atoms with van der Waals surface area (Å²) in [4.78, 5) is 19.7. The monoisotopic (exact) mass is 716 g/mol. The van der Waals surface area contributed by atoms with E-state index in [4.69, 9.17) is 9.97 Å². The van der Waals surface area contributed by atoms with Crippen molar-refractivity contribution in [3.63, 3.8) is 0 Å². The van der Waals surface area contributed by atoms with Crippen molar-refractivity contribution in [2.24, 2.45) is 0 Å². The van der Waals surface area contributed by atoms with Crippen molar-refractivity contribution < 1.29 is 0 Å². The van der Waals surface area contributed by atoms with Crippen LogP contribution in [0.1, 0.15) is 11.4 Å². The SMILES string of the molecule is Cc1nc2c(ccc3c2ccc2c(-c4cccc(-c5cccnc5)c4)c(-c4ccccc4)c(C)nc23)c(-c2cccc(-c3cccnc3)c2)c1-c1ccccc1. The van der Waals surface area contributed by atoms with E-state index < -0.39 is 0 Å². The molecule has 6 aromatic carbocycles. The van der Waals surface area contributed by atoms with Gasteiger partial charge in [0.15, 0.2) is 0 Å². The van der Waals surface area contributed by atoms with Crippen molar-refractivity contribution in [3.05, 3.63) is 194 Å². The highest BCUT2D eigenvalue weighted by Crippen LogP contribution is 2.46. The number of nitrogens with zero attached hydrogens (tertiary/aromatic N) is 4. The molecule has 56 heavy (non-hydrogen) atoms. The zero-order valence-electron chi connectivity index (χ0n) is 31.1. The molecule has 10 rings (SSSR count). The number of aryl methyl sites for hydroxylation is 2. The van der Waals surface area contributed by atoms with Crippen LogP contribution in [0, 0.1) is 13.8 Å². The van der Waals surface area contributed by atoms with Gasteiger partial charge >= 0.3 is 0 Å². The molecular weight excluding hydrogens is 681 g/mol. The molecule has 0 aliphatic rings. The van der Waals surface area contributed by atoms with Gasteiger partial charge < -0.3 is 0 Å². The van der Waals surface area contributed by atoms with Crippen LogP contribution in [-0.2, 0) is 0 Å². The molecule has 0 bridgehead atoms. The van der Waals surface area contributed by atoms with Gasteiger partial charge in [0.05, 0.1) is 11.0 Å². The molecule has 0 atom stereocenters. The van der Waals surface area contributed by atoms with Crippen LogP contribution in [0.5, 0.6) is 0 Å². The average molecular weight is 717 g/mol. The van der Waals surface area contributed by atoms with Crippen molar-refractivity contribution in [1.29, 1.82) is 0 Å². The van der Waals surface area contributed by atoms with Crippen LogP contribution in [0.15, 0.2) is 183 Å². The number of fused-ring (bicyclic) bond motifs is 5. The summed E-state index contributed by atoms with van der Waals surface area (Å²) in [7, 11) is 0. The normalized spacial score (nSPS) is 11.4. The Morgan fingerprint density at radius 1 is 0.304 bits per heavy atom. The number of hydrogen-bond acceptors (Lipinski definition) is 4. The van der Waals surface area contributed by atoms with E-state index >= 15 is 0 Å². The molecule has 0 saturated heterocycles. The minimum atomic E-state index is 0.968. The van der Waals surface area contributed by atoms with Crippen LogP contribution >= 0.6 is 0 Å². The van der Waals surface area contributed by atoms with Crippen LogP contribution in [-0.4, -0.2) is 19.9 Å². The predicted octanol–water partition coefficient (Wildman–Crippen LogP) is 13.3. The minimum absolute atomic E-state index is 0.968. The van der Waals surface area contributed by atoms with Crippen LogP contribution < -0.4 is 0 Å². The van der Waals surface area contributed by atoms with Crippen LogP contribution in [0.4, 0.5) is 0 Å². The fraction of sp³-hybridized carbons (Fsp3) is 0.0385. The molecule has 0 aliphatic carbocycles. The number of rotatable bonds is 6. The van der Waals surface area contributed by atoms with Gasteiger partial charge in [0.25, 0.3) is 0 Å². The van der Waals surface area contributed by atoms with Gasteiger partial charge in [-0.2, -0.15) is 0 Å². The summed E-state index contributed by atoms with van der Waals surface area (Å²) in [5, 5.41) is 4.37. The summed E-state index contributed by atoms with van der Waals surface area (Å²) >= 11 is 0. The standard InChI is InChI=1S/C52H36N4/c1-33-47(35-13-5-3-6-14-35)49(39-19-9-17-37(29-39)41-21-11-27-53-31-41)45-25-24-44-43(51(45)55-33)23-26-46-50(40-20-10-18-38(30-40)42-22-12-28-54-32-42)48(34(2)56-52(44)46)36-15-7-4-8-16-36/h3-32H,1-2H3. The molecule has 0 N–H and O–H groups in total. The van der Waals surface area contributed by atoms with E-state index in [2.05, 4.69) is 169 Å². The Morgan fingerprint density at radius 2 is 0.679 bits per heavy atom. The Labute approximate surface area is 325 Å². The summed E-state index contributed by atoms with van der Waals surface area (Å²) in [6.07, 6.45) is 7.48. The first-order chi connectivity index (χ1) is 27.6. The first kappa shape index (κ1) is 33.3. The summed E-state index contributed by atoms with van der Waals surface area (Å²) in [6.45, 7) is 4.27. The molecule has 4 nitrogen and oxygen atoms in total. The van der Waals surface area contributed by atoms with E-state index in [1.807, 2.05) is 36.9 Å². The predicted molar refractivity (Wildman–Crippen MR) is 232 cm³/mol. The lowest BCUT2D eigenvalue weighted by Gasteiger charge is -2.20. The van der Waals surface area contributed by atoms with E-state index in [9.17, 15) is 0 Å². The second kappa shape index (κ2) is 13.8. The van der Waals surface area contributed by atoms with Gasteiger partial charge in [0.2, 0.25) is 0 Å². The van der Waals surface area contributed by atoms with E-state index in [0.29, 0.717) is 0 Å². The molecule has 0 saturated carbocycles. The van der Waals surface area contributed by atoms with Crippen molar-refractivity contribution in [2.45, 2.75) is 13.8 Å². The lowest BCUT2D eigenvalue weighted by atomic mass is 9.86. The van der Waals surface area contributed by atoms with Gasteiger partial charge in [-0.05, 0) is 71.5 Å². The largest absolute Gasteiger partial charge is 0.264 e. The number of pyridine rings is 4. The third kappa shape index (κ3) is 5.71. The van der Waals surface area contributed by atoms with E-state index in [-0.39, 0.29) is 0 Å². The van der Waals surface area contributed by atoms with Gasteiger partial charge in [-0.25, -0.2) is 0 Å². The van der Waals surface area contributed by atoms with E-state index in [1.54, 1.807) is 0 Å². The maximum atomic E-state index is 5.42. The summed E-state index contributed by atoms with van der Waals surface area (Å²) in [5.41, 5.74) is 17.5. The molecule has 0 aliphatic heterocycles. The van der Waals surface area contributed by atoms with E-state index in [0.717, 1.165) is 99.6 Å². The van der Waals surface area contributed by atoms with Crippen molar-refractivity contribution in [3.8, 4) is 66.8 Å². The summed E-state index contributed by atoms with van der Waals surface area (Å²) in [5.74, 6) is 0. The van der Waals surface area contributed by atoms with Crippen molar-refractivity contribution >= 4 is 32.6 Å². The van der Waals surface area contributed by atoms with Gasteiger partial charge in [-0.15, -0.1) is 0 Å². The molecule has 264 valence electrons. The molecular formula is C52H36N4. The van der Waals surface area contributed by atoms with Crippen LogP contribution in [0.2, 0.25) is 0 Å². The fourth-order valence-electron chi connectivity index (χ4n) is 8.39. The Bertz CT molecular complexity index is 2860. The Morgan fingerprint density at radius 3 is 1.09 bits per heavy atom. The van der Waals surface area contributed by atoms with Gasteiger partial charge in [-0.1, -0.05) is 133 Å². The molecule has 0 unspecified atom stereocenters. The van der Waals surface area contributed by atoms with Gasteiger partial charge in [0, 0.05) is 91.1 Å². The lowest BCUT2D eigenvalue weighted by molar-refractivity contribution is 1.26. The molecule has 0 spiro atoms. The minimum Gasteiger partial charge on any atom is -0.264 e. The maximum Gasteiger partial charge on any atom is 0.0791 e. The summed E-state index contributed by atoms with van der Waals surface area (Å²) < 4.78 is 0. The second-order valence-electron chi connectivity index (χ2n) is 14.3. The topological polar surface area (TPSA) is 51.6 Å². The van der Waals surface area contributed by atoms with E-state index in [1.165, 1.54) is 11.1 Å². The van der Waals surface area contributed by atoms with Crippen LogP contribution in [0.25, 0.3) is 99.3 Å². The smallest absolute Gasteiger partial charge is 0.0791 e. The fourth-order valence-corrected chi connectivity index (χ4v) is 8.39. The second-order valence-corrected chi connectivity index (χ2v) is 14.3. The third-order valence-corrected chi connectivity index (χ3v) is 10.9. The van der Waals surface area contributed by atoms with Crippen molar-refractivity contribution in [1.82, 2.24) is 19.9 Å². The molecule has 0 amide bonds. The Kier molecular flexibility index (Phi) is 8.23. The number of aromatic nitrogens is 4. The first-order valence-corrected chi connectivity index (χ1v) is 19.0. The molecule has 0 radical (unpaired) electrons. The number of hydrogen-bond donors (Lipinski definition) is 0. The maximum absolute atomic E-state index is 5.42. The zero-order valence-corrected chi connectivity index (χ0v) is 31.1. The molecule has 4 heterocycles. The Hall–Kier alpha value is -7.30. The highest BCUT2D eigenvalue weighted by Gasteiger charge is 2.22. The molecule has 0 fully saturated rings. The van der Waals surface area contributed by atoms with Gasteiger partial charge in [0.1, 0.15) is 0 Å². The highest BCUT2D eigenvalue weighted by molar-refractivity contribution is 6.21.